The van der Waals surface area contributed by atoms with Crippen LogP contribution in [0.2, 0.25) is 10.0 Å². The summed E-state index contributed by atoms with van der Waals surface area (Å²) in [4.78, 5) is 0. The van der Waals surface area contributed by atoms with E-state index >= 15 is 0 Å². The van der Waals surface area contributed by atoms with Gasteiger partial charge in [0, 0.05) is 0 Å². The van der Waals surface area contributed by atoms with Gasteiger partial charge in [-0.25, -0.2) is 5.10 Å². The number of aromatic amines is 1. The molecule has 0 fully saturated rings. The molecule has 2 aromatic heterocycles. The Balaban J connectivity index is 1.88. The Morgan fingerprint density at radius 2 is 2.12 bits per heavy atom. The zero-order valence-electron chi connectivity index (χ0n) is 14.1. The van der Waals surface area contributed by atoms with Gasteiger partial charge in [-0.15, -0.1) is 5.10 Å². The molecule has 0 aliphatic carbocycles. The fourth-order valence-electron chi connectivity index (χ4n) is 2.13. The normalized spacial score (nSPS) is 11.6. The molecular formula is C17H16Cl2N4O2S. The maximum Gasteiger partial charge on any atom is 0.219 e. The fraction of sp³-hybridized carbons (Fsp3) is 0.235. The van der Waals surface area contributed by atoms with Crippen molar-refractivity contribution in [1.29, 1.82) is 0 Å². The van der Waals surface area contributed by atoms with Crippen molar-refractivity contribution in [2.45, 2.75) is 13.8 Å². The largest absolute Gasteiger partial charge is 0.490 e. The number of benzene rings is 1. The van der Waals surface area contributed by atoms with Crippen LogP contribution in [-0.4, -0.2) is 27.7 Å². The van der Waals surface area contributed by atoms with Gasteiger partial charge >= 0.3 is 0 Å². The Hall–Kier alpha value is -2.09. The minimum Gasteiger partial charge on any atom is -0.490 e. The van der Waals surface area contributed by atoms with Crippen molar-refractivity contribution in [3.63, 3.8) is 0 Å². The topological polar surface area (TPSA) is 68.3 Å². The lowest BCUT2D eigenvalue weighted by molar-refractivity contribution is 0.271. The number of halogens is 2. The molecule has 0 radical (unpaired) electrons. The second-order valence-electron chi connectivity index (χ2n) is 5.90. The molecule has 0 saturated heterocycles. The number of hydrogen-bond acceptors (Lipinski definition) is 5. The quantitative estimate of drug-likeness (QED) is 0.434. The summed E-state index contributed by atoms with van der Waals surface area (Å²) in [5.74, 6) is 1.84. The van der Waals surface area contributed by atoms with E-state index in [1.807, 2.05) is 13.8 Å². The van der Waals surface area contributed by atoms with E-state index in [4.69, 9.17) is 44.6 Å². The molecule has 9 heteroatoms. The first kappa shape index (κ1) is 18.7. The summed E-state index contributed by atoms with van der Waals surface area (Å²) in [6.45, 7) is 4.63. The van der Waals surface area contributed by atoms with E-state index in [1.165, 1.54) is 4.68 Å². The van der Waals surface area contributed by atoms with Gasteiger partial charge in [0.2, 0.25) is 10.6 Å². The standard InChI is InChI=1S/C17H16Cl2N4O2S/c1-10(2)9-25-15-12(18)6-11(7-13(15)19)8-20-23-16(21-22-17(23)26)14-4-3-5-24-14/h3-8,10H,9H2,1-2H3,(H,22,26)/b20-8-. The van der Waals surface area contributed by atoms with E-state index in [-0.39, 0.29) is 0 Å². The van der Waals surface area contributed by atoms with Crippen LogP contribution in [0.3, 0.4) is 0 Å². The Bertz CT molecular complexity index is 954. The first-order valence-corrected chi connectivity index (χ1v) is 8.99. The van der Waals surface area contributed by atoms with E-state index in [1.54, 1.807) is 36.7 Å². The molecule has 1 N–H and O–H groups in total. The van der Waals surface area contributed by atoms with Crippen LogP contribution in [0.15, 0.2) is 40.0 Å². The number of ether oxygens (including phenoxy) is 1. The van der Waals surface area contributed by atoms with Crippen molar-refractivity contribution in [3.8, 4) is 17.3 Å². The molecule has 0 unspecified atom stereocenters. The molecule has 0 bridgehead atoms. The first-order valence-electron chi connectivity index (χ1n) is 7.83. The maximum absolute atomic E-state index is 6.29. The van der Waals surface area contributed by atoms with Crippen molar-refractivity contribution in [1.82, 2.24) is 14.9 Å². The molecule has 26 heavy (non-hydrogen) atoms. The lowest BCUT2D eigenvalue weighted by atomic mass is 10.2. The second kappa shape index (κ2) is 8.07. The van der Waals surface area contributed by atoms with Crippen LogP contribution in [0.1, 0.15) is 19.4 Å². The minimum absolute atomic E-state index is 0.335. The molecule has 0 aliphatic heterocycles. The van der Waals surface area contributed by atoms with Crippen molar-refractivity contribution in [3.05, 3.63) is 50.9 Å². The van der Waals surface area contributed by atoms with E-state index in [0.29, 0.717) is 50.2 Å². The van der Waals surface area contributed by atoms with Gasteiger partial charge in [0.25, 0.3) is 0 Å². The summed E-state index contributed by atoms with van der Waals surface area (Å²) in [5, 5.41) is 12.0. The van der Waals surface area contributed by atoms with E-state index in [0.717, 1.165) is 0 Å². The molecular weight excluding hydrogens is 395 g/mol. The third kappa shape index (κ3) is 4.17. The highest BCUT2D eigenvalue weighted by Crippen LogP contribution is 2.34. The van der Waals surface area contributed by atoms with Crippen molar-refractivity contribution in [2.75, 3.05) is 6.61 Å². The van der Waals surface area contributed by atoms with Crippen LogP contribution in [0.5, 0.6) is 5.75 Å². The lowest BCUT2D eigenvalue weighted by Gasteiger charge is -2.12. The third-order valence-corrected chi connectivity index (χ3v) is 4.12. The zero-order valence-corrected chi connectivity index (χ0v) is 16.4. The Morgan fingerprint density at radius 3 is 2.73 bits per heavy atom. The van der Waals surface area contributed by atoms with Crippen LogP contribution in [-0.2, 0) is 0 Å². The molecule has 0 atom stereocenters. The Kier molecular flexibility index (Phi) is 5.80. The Morgan fingerprint density at radius 1 is 1.38 bits per heavy atom. The number of nitrogens with zero attached hydrogens (tertiary/aromatic N) is 3. The van der Waals surface area contributed by atoms with E-state index in [9.17, 15) is 0 Å². The fourth-order valence-corrected chi connectivity index (χ4v) is 2.92. The van der Waals surface area contributed by atoms with Crippen molar-refractivity contribution < 1.29 is 9.15 Å². The van der Waals surface area contributed by atoms with Crippen molar-refractivity contribution >= 4 is 41.6 Å². The highest BCUT2D eigenvalue weighted by atomic mass is 35.5. The minimum atomic E-state index is 0.335. The van der Waals surface area contributed by atoms with Crippen molar-refractivity contribution in [2.24, 2.45) is 11.0 Å². The van der Waals surface area contributed by atoms with Gasteiger partial charge in [0.1, 0.15) is 0 Å². The molecule has 3 aromatic rings. The number of H-pyrrole nitrogens is 1. The molecule has 0 saturated carbocycles. The summed E-state index contributed by atoms with van der Waals surface area (Å²) in [6.07, 6.45) is 3.14. The summed E-state index contributed by atoms with van der Waals surface area (Å²) in [7, 11) is 0. The van der Waals surface area contributed by atoms with E-state index in [2.05, 4.69) is 15.3 Å². The molecule has 0 spiro atoms. The van der Waals surface area contributed by atoms with Gasteiger partial charge in [-0.1, -0.05) is 37.0 Å². The monoisotopic (exact) mass is 410 g/mol. The number of rotatable bonds is 6. The number of hydrogen-bond donors (Lipinski definition) is 1. The van der Waals surface area contributed by atoms with Gasteiger partial charge in [-0.05, 0) is 48.0 Å². The highest BCUT2D eigenvalue weighted by molar-refractivity contribution is 7.71. The number of nitrogens with one attached hydrogen (secondary N) is 1. The summed E-state index contributed by atoms with van der Waals surface area (Å²) in [6, 6.07) is 6.98. The van der Waals surface area contributed by atoms with Gasteiger partial charge in [-0.3, -0.25) is 0 Å². The van der Waals surface area contributed by atoms with Crippen LogP contribution in [0.4, 0.5) is 0 Å². The Labute approximate surface area is 165 Å². The molecule has 136 valence electrons. The number of furan rings is 1. The third-order valence-electron chi connectivity index (χ3n) is 3.30. The lowest BCUT2D eigenvalue weighted by Crippen LogP contribution is -2.05. The van der Waals surface area contributed by atoms with Gasteiger partial charge in [0.05, 0.1) is 29.1 Å². The number of aromatic nitrogens is 3. The summed E-state index contributed by atoms with van der Waals surface area (Å²) >= 11 is 17.8. The second-order valence-corrected chi connectivity index (χ2v) is 7.11. The first-order chi connectivity index (χ1) is 12.5. The predicted octanol–water partition coefficient (Wildman–Crippen LogP) is 5.42. The average Bonchev–Trinajstić information content (AvgIpc) is 3.21. The summed E-state index contributed by atoms with van der Waals surface area (Å²) < 4.78 is 12.8. The molecule has 0 amide bonds. The van der Waals surface area contributed by atoms with Crippen LogP contribution in [0.25, 0.3) is 11.6 Å². The molecule has 1 aromatic carbocycles. The highest BCUT2D eigenvalue weighted by Gasteiger charge is 2.12. The summed E-state index contributed by atoms with van der Waals surface area (Å²) in [5.41, 5.74) is 0.699. The smallest absolute Gasteiger partial charge is 0.219 e. The molecule has 6 nitrogen and oxygen atoms in total. The zero-order chi connectivity index (χ0) is 18.7. The van der Waals surface area contributed by atoms with Crippen LogP contribution >= 0.6 is 35.4 Å². The predicted molar refractivity (Wildman–Crippen MR) is 105 cm³/mol. The van der Waals surface area contributed by atoms with Crippen LogP contribution < -0.4 is 4.74 Å². The van der Waals surface area contributed by atoms with Gasteiger partial charge in [0.15, 0.2) is 11.5 Å². The van der Waals surface area contributed by atoms with Crippen LogP contribution in [0, 0.1) is 10.7 Å². The molecule has 3 rings (SSSR count). The SMILES string of the molecule is CC(C)COc1c(Cl)cc(/C=N\n2c(-c3ccco3)n[nH]c2=S)cc1Cl. The molecule has 2 heterocycles. The van der Waals surface area contributed by atoms with E-state index < -0.39 is 0 Å². The van der Waals surface area contributed by atoms with Gasteiger partial charge < -0.3 is 9.15 Å². The maximum atomic E-state index is 6.29. The average molecular weight is 411 g/mol. The van der Waals surface area contributed by atoms with Gasteiger partial charge in [-0.2, -0.15) is 9.78 Å². The molecule has 0 aliphatic rings.